The van der Waals surface area contributed by atoms with Gasteiger partial charge in [0.2, 0.25) is 0 Å². The first-order chi connectivity index (χ1) is 6.57. The Bertz CT molecular complexity index is 188. The van der Waals surface area contributed by atoms with Crippen LogP contribution in [0, 0.1) is 0 Å². The lowest BCUT2D eigenvalue weighted by Gasteiger charge is -2.39. The van der Waals surface area contributed by atoms with Crippen molar-refractivity contribution in [3.63, 3.8) is 0 Å². The summed E-state index contributed by atoms with van der Waals surface area (Å²) in [5, 5.41) is 19.1. The van der Waals surface area contributed by atoms with Gasteiger partial charge in [-0.25, -0.2) is 0 Å². The minimum absolute atomic E-state index is 0.182. The fraction of sp³-hybridized carbons (Fsp3) is 0.875. The summed E-state index contributed by atoms with van der Waals surface area (Å²) in [6, 6.07) is -1.05. The van der Waals surface area contributed by atoms with E-state index in [9.17, 15) is 15.0 Å². The third-order valence-electron chi connectivity index (χ3n) is 2.45. The average Bonchev–Trinajstić information content (AvgIpc) is 2.15. The summed E-state index contributed by atoms with van der Waals surface area (Å²) >= 11 is 0. The highest BCUT2D eigenvalue weighted by Crippen LogP contribution is 2.20. The summed E-state index contributed by atoms with van der Waals surface area (Å²) in [6.07, 6.45) is -1.96. The standard InChI is InChI=1S/C8H16N2O4/c9-4-3-5(10)7(13)8(6(4)12)14-2-1-11/h1,4-8,12-13H,2-3,9-10H2/t4-,5+,6+,7-,8?. The molecule has 1 rings (SSSR count). The molecule has 5 atom stereocenters. The number of rotatable bonds is 3. The molecule has 1 unspecified atom stereocenters. The van der Waals surface area contributed by atoms with Crippen LogP contribution in [0.1, 0.15) is 6.42 Å². The fourth-order valence-electron chi connectivity index (χ4n) is 1.63. The van der Waals surface area contributed by atoms with Gasteiger partial charge in [-0.2, -0.15) is 0 Å². The zero-order valence-corrected chi connectivity index (χ0v) is 7.74. The van der Waals surface area contributed by atoms with Crippen LogP contribution in [0.2, 0.25) is 0 Å². The van der Waals surface area contributed by atoms with Crippen LogP contribution in [0.5, 0.6) is 0 Å². The molecule has 6 N–H and O–H groups in total. The van der Waals surface area contributed by atoms with Gasteiger partial charge < -0.3 is 31.2 Å². The van der Waals surface area contributed by atoms with Crippen LogP contribution >= 0.6 is 0 Å². The normalized spacial score (nSPS) is 43.6. The number of hydrogen-bond acceptors (Lipinski definition) is 6. The van der Waals surface area contributed by atoms with Crippen molar-refractivity contribution in [3.05, 3.63) is 0 Å². The van der Waals surface area contributed by atoms with Gasteiger partial charge in [-0.3, -0.25) is 0 Å². The lowest BCUT2D eigenvalue weighted by Crippen LogP contribution is -2.62. The molecule has 0 saturated heterocycles. The Balaban J connectivity index is 2.61. The molecule has 0 aromatic heterocycles. The number of aliphatic hydroxyl groups excluding tert-OH is 2. The number of carbonyl (C=O) groups excluding carboxylic acids is 1. The number of hydrogen-bond donors (Lipinski definition) is 4. The Morgan fingerprint density at radius 3 is 2.21 bits per heavy atom. The summed E-state index contributed by atoms with van der Waals surface area (Å²) in [6.45, 7) is -0.182. The smallest absolute Gasteiger partial charge is 0.145 e. The van der Waals surface area contributed by atoms with Crippen molar-refractivity contribution >= 4 is 6.29 Å². The van der Waals surface area contributed by atoms with E-state index in [4.69, 9.17) is 16.2 Å². The Morgan fingerprint density at radius 2 is 1.79 bits per heavy atom. The van der Waals surface area contributed by atoms with Crippen LogP contribution in [-0.2, 0) is 9.53 Å². The highest BCUT2D eigenvalue weighted by atomic mass is 16.5. The predicted octanol–water partition coefficient (Wildman–Crippen LogP) is -2.65. The van der Waals surface area contributed by atoms with Crippen molar-refractivity contribution in [3.8, 4) is 0 Å². The fourth-order valence-corrected chi connectivity index (χ4v) is 1.63. The molecule has 6 nitrogen and oxygen atoms in total. The maximum absolute atomic E-state index is 10.1. The van der Waals surface area contributed by atoms with E-state index in [2.05, 4.69) is 0 Å². The number of carbonyl (C=O) groups is 1. The first kappa shape index (κ1) is 11.5. The third-order valence-corrected chi connectivity index (χ3v) is 2.45. The maximum atomic E-state index is 10.1. The summed E-state index contributed by atoms with van der Waals surface area (Å²) < 4.78 is 4.97. The lowest BCUT2D eigenvalue weighted by molar-refractivity contribution is -0.141. The lowest BCUT2D eigenvalue weighted by atomic mass is 9.85. The molecule has 1 saturated carbocycles. The van der Waals surface area contributed by atoms with Gasteiger partial charge in [-0.15, -0.1) is 0 Å². The van der Waals surface area contributed by atoms with Crippen LogP contribution in [0.15, 0.2) is 0 Å². The molecule has 0 spiro atoms. The predicted molar refractivity (Wildman–Crippen MR) is 48.4 cm³/mol. The Hall–Kier alpha value is -0.530. The van der Waals surface area contributed by atoms with E-state index in [-0.39, 0.29) is 6.61 Å². The molecule has 0 aromatic rings. The van der Waals surface area contributed by atoms with E-state index in [0.717, 1.165) is 0 Å². The van der Waals surface area contributed by atoms with Gasteiger partial charge in [0, 0.05) is 12.1 Å². The molecule has 0 bridgehead atoms. The summed E-state index contributed by atoms with van der Waals surface area (Å²) in [4.78, 5) is 10.1. The molecule has 1 aliphatic rings. The highest BCUT2D eigenvalue weighted by molar-refractivity contribution is 5.50. The van der Waals surface area contributed by atoms with E-state index < -0.39 is 30.4 Å². The molecule has 0 aliphatic heterocycles. The molecule has 14 heavy (non-hydrogen) atoms. The first-order valence-electron chi connectivity index (χ1n) is 4.50. The van der Waals surface area contributed by atoms with Gasteiger partial charge in [0.25, 0.3) is 0 Å². The molecule has 1 fully saturated rings. The maximum Gasteiger partial charge on any atom is 0.145 e. The second-order valence-corrected chi connectivity index (χ2v) is 3.51. The van der Waals surface area contributed by atoms with Crippen LogP contribution < -0.4 is 11.5 Å². The highest BCUT2D eigenvalue weighted by Gasteiger charge is 2.41. The second kappa shape index (κ2) is 4.81. The third kappa shape index (κ3) is 2.28. The number of ether oxygens (including phenoxy) is 1. The van der Waals surface area contributed by atoms with Crippen molar-refractivity contribution in [2.24, 2.45) is 11.5 Å². The number of aldehydes is 1. The van der Waals surface area contributed by atoms with Crippen molar-refractivity contribution in [2.75, 3.05) is 6.61 Å². The quantitative estimate of drug-likeness (QED) is 0.373. The summed E-state index contributed by atoms with van der Waals surface area (Å²) in [5.41, 5.74) is 11.2. The summed E-state index contributed by atoms with van der Waals surface area (Å²) in [5.74, 6) is 0. The molecule has 82 valence electrons. The van der Waals surface area contributed by atoms with Crippen molar-refractivity contribution < 1.29 is 19.7 Å². The average molecular weight is 204 g/mol. The second-order valence-electron chi connectivity index (χ2n) is 3.51. The van der Waals surface area contributed by atoms with E-state index in [0.29, 0.717) is 12.7 Å². The molecular formula is C8H16N2O4. The van der Waals surface area contributed by atoms with Gasteiger partial charge in [0.05, 0.1) is 12.2 Å². The Morgan fingerprint density at radius 1 is 1.29 bits per heavy atom. The van der Waals surface area contributed by atoms with Crippen LogP contribution in [0.4, 0.5) is 0 Å². The van der Waals surface area contributed by atoms with Gasteiger partial charge in [-0.1, -0.05) is 0 Å². The number of aliphatic hydroxyl groups is 2. The SMILES string of the molecule is N[C@@H]1C[C@H](N)[C@@H](O)C(OCC=O)[C@H]1O. The molecule has 1 aliphatic carbocycles. The van der Waals surface area contributed by atoms with Crippen LogP contribution in [0.25, 0.3) is 0 Å². The summed E-state index contributed by atoms with van der Waals surface area (Å²) in [7, 11) is 0. The number of nitrogens with two attached hydrogens (primary N) is 2. The van der Waals surface area contributed by atoms with E-state index in [1.165, 1.54) is 0 Å². The molecule has 0 radical (unpaired) electrons. The topological polar surface area (TPSA) is 119 Å². The van der Waals surface area contributed by atoms with Crippen molar-refractivity contribution in [1.82, 2.24) is 0 Å². The molecule has 0 heterocycles. The van der Waals surface area contributed by atoms with E-state index in [1.807, 2.05) is 0 Å². The van der Waals surface area contributed by atoms with Crippen LogP contribution in [-0.4, -0.2) is 53.5 Å². The largest absolute Gasteiger partial charge is 0.389 e. The van der Waals surface area contributed by atoms with Crippen molar-refractivity contribution in [1.29, 1.82) is 0 Å². The molecule has 0 aromatic carbocycles. The first-order valence-corrected chi connectivity index (χ1v) is 4.50. The molecule has 6 heteroatoms. The van der Waals surface area contributed by atoms with Crippen molar-refractivity contribution in [2.45, 2.75) is 36.8 Å². The minimum atomic E-state index is -0.982. The van der Waals surface area contributed by atoms with Gasteiger partial charge >= 0.3 is 0 Å². The van der Waals surface area contributed by atoms with E-state index >= 15 is 0 Å². The Kier molecular flexibility index (Phi) is 3.97. The van der Waals surface area contributed by atoms with E-state index in [1.54, 1.807) is 0 Å². The van der Waals surface area contributed by atoms with Gasteiger partial charge in [-0.05, 0) is 6.42 Å². The monoisotopic (exact) mass is 204 g/mol. The zero-order chi connectivity index (χ0) is 10.7. The zero-order valence-electron chi connectivity index (χ0n) is 7.74. The Labute approximate surface area is 81.8 Å². The molecule has 0 amide bonds. The van der Waals surface area contributed by atoms with Gasteiger partial charge in [0.1, 0.15) is 19.0 Å². The molecular weight excluding hydrogens is 188 g/mol. The van der Waals surface area contributed by atoms with Crippen LogP contribution in [0.3, 0.4) is 0 Å². The van der Waals surface area contributed by atoms with Gasteiger partial charge in [0.15, 0.2) is 0 Å². The minimum Gasteiger partial charge on any atom is -0.389 e.